The topological polar surface area (TPSA) is 47.3 Å². The summed E-state index contributed by atoms with van der Waals surface area (Å²) in [6.07, 6.45) is 4.66. The Labute approximate surface area is 100 Å². The molecule has 1 rings (SSSR count). The Kier molecular flexibility index (Phi) is 5.22. The van der Waals surface area contributed by atoms with E-state index in [-0.39, 0.29) is 11.0 Å². The third kappa shape index (κ3) is 3.44. The van der Waals surface area contributed by atoms with Crippen LogP contribution in [-0.2, 0) is 4.74 Å². The van der Waals surface area contributed by atoms with Gasteiger partial charge in [-0.05, 0) is 44.6 Å². The molecule has 1 aliphatic rings. The Balaban J connectivity index is 2.47. The SMILES string of the molecule is CCC(CC)(CN)CNC1(C)CCCOC1. The molecule has 0 radical (unpaired) electrons. The molecular weight excluding hydrogens is 200 g/mol. The first-order chi connectivity index (χ1) is 7.60. The van der Waals surface area contributed by atoms with E-state index in [1.54, 1.807) is 0 Å². The van der Waals surface area contributed by atoms with Crippen LogP contribution < -0.4 is 11.1 Å². The number of hydrogen-bond acceptors (Lipinski definition) is 3. The molecule has 16 heavy (non-hydrogen) atoms. The summed E-state index contributed by atoms with van der Waals surface area (Å²) in [5.74, 6) is 0. The van der Waals surface area contributed by atoms with Crippen LogP contribution in [0.4, 0.5) is 0 Å². The van der Waals surface area contributed by atoms with Crippen LogP contribution in [0.5, 0.6) is 0 Å². The minimum atomic E-state index is 0.156. The summed E-state index contributed by atoms with van der Waals surface area (Å²) in [5.41, 5.74) is 6.34. The van der Waals surface area contributed by atoms with Crippen LogP contribution >= 0.6 is 0 Å². The Hall–Kier alpha value is -0.120. The van der Waals surface area contributed by atoms with Crippen molar-refractivity contribution in [3.8, 4) is 0 Å². The van der Waals surface area contributed by atoms with E-state index in [0.29, 0.717) is 0 Å². The molecule has 0 aromatic heterocycles. The molecule has 1 aliphatic heterocycles. The second-order valence-corrected chi connectivity index (χ2v) is 5.48. The third-order valence-corrected chi connectivity index (χ3v) is 4.26. The van der Waals surface area contributed by atoms with Crippen molar-refractivity contribution in [3.63, 3.8) is 0 Å². The molecule has 3 heteroatoms. The largest absolute Gasteiger partial charge is 0.380 e. The first-order valence-electron chi connectivity index (χ1n) is 6.62. The molecule has 3 N–H and O–H groups in total. The van der Waals surface area contributed by atoms with Gasteiger partial charge in [0.25, 0.3) is 0 Å². The van der Waals surface area contributed by atoms with Crippen molar-refractivity contribution < 1.29 is 4.74 Å². The number of rotatable bonds is 6. The molecule has 1 atom stereocenters. The highest BCUT2D eigenvalue weighted by atomic mass is 16.5. The van der Waals surface area contributed by atoms with Crippen molar-refractivity contribution in [3.05, 3.63) is 0 Å². The van der Waals surface area contributed by atoms with Crippen LogP contribution in [0.2, 0.25) is 0 Å². The molecule has 0 aliphatic carbocycles. The van der Waals surface area contributed by atoms with E-state index in [1.807, 2.05) is 0 Å². The monoisotopic (exact) mass is 228 g/mol. The van der Waals surface area contributed by atoms with Crippen molar-refractivity contribution in [1.82, 2.24) is 5.32 Å². The lowest BCUT2D eigenvalue weighted by Crippen LogP contribution is -2.53. The van der Waals surface area contributed by atoms with Gasteiger partial charge in [-0.25, -0.2) is 0 Å². The predicted octanol–water partition coefficient (Wildman–Crippen LogP) is 1.91. The van der Waals surface area contributed by atoms with Crippen LogP contribution in [0.15, 0.2) is 0 Å². The summed E-state index contributed by atoms with van der Waals surface area (Å²) < 4.78 is 5.56. The fraction of sp³-hybridized carbons (Fsp3) is 1.00. The quantitative estimate of drug-likeness (QED) is 0.730. The summed E-state index contributed by atoms with van der Waals surface area (Å²) in [6.45, 7) is 10.3. The van der Waals surface area contributed by atoms with E-state index in [9.17, 15) is 0 Å². The summed E-state index contributed by atoms with van der Waals surface area (Å²) >= 11 is 0. The summed E-state index contributed by atoms with van der Waals surface area (Å²) in [6, 6.07) is 0. The molecule has 1 saturated heterocycles. The van der Waals surface area contributed by atoms with E-state index < -0.39 is 0 Å². The third-order valence-electron chi connectivity index (χ3n) is 4.26. The smallest absolute Gasteiger partial charge is 0.0645 e. The van der Waals surface area contributed by atoms with Crippen molar-refractivity contribution in [2.45, 2.75) is 52.0 Å². The number of nitrogens with two attached hydrogens (primary N) is 1. The number of nitrogens with one attached hydrogen (secondary N) is 1. The van der Waals surface area contributed by atoms with Crippen molar-refractivity contribution in [2.24, 2.45) is 11.1 Å². The maximum Gasteiger partial charge on any atom is 0.0645 e. The zero-order chi connectivity index (χ0) is 12.1. The zero-order valence-corrected chi connectivity index (χ0v) is 11.1. The van der Waals surface area contributed by atoms with E-state index in [1.165, 1.54) is 6.42 Å². The average Bonchev–Trinajstić information content (AvgIpc) is 2.33. The van der Waals surface area contributed by atoms with Gasteiger partial charge in [-0.3, -0.25) is 0 Å². The predicted molar refractivity (Wildman–Crippen MR) is 68.5 cm³/mol. The molecule has 1 fully saturated rings. The van der Waals surface area contributed by atoms with Gasteiger partial charge in [0.15, 0.2) is 0 Å². The Morgan fingerprint density at radius 2 is 2.06 bits per heavy atom. The fourth-order valence-electron chi connectivity index (χ4n) is 2.34. The van der Waals surface area contributed by atoms with Crippen LogP contribution in [0.3, 0.4) is 0 Å². The molecular formula is C13H28N2O. The molecule has 0 bridgehead atoms. The molecule has 1 unspecified atom stereocenters. The van der Waals surface area contributed by atoms with Gasteiger partial charge in [0.05, 0.1) is 6.61 Å². The lowest BCUT2D eigenvalue weighted by Gasteiger charge is -2.39. The molecule has 1 heterocycles. The first kappa shape index (κ1) is 13.9. The zero-order valence-electron chi connectivity index (χ0n) is 11.1. The highest BCUT2D eigenvalue weighted by Crippen LogP contribution is 2.26. The fourth-order valence-corrected chi connectivity index (χ4v) is 2.34. The van der Waals surface area contributed by atoms with Gasteiger partial charge in [-0.1, -0.05) is 13.8 Å². The van der Waals surface area contributed by atoms with Crippen molar-refractivity contribution >= 4 is 0 Å². The Morgan fingerprint density at radius 3 is 2.50 bits per heavy atom. The van der Waals surface area contributed by atoms with Gasteiger partial charge in [-0.15, -0.1) is 0 Å². The molecule has 0 spiro atoms. The lowest BCUT2D eigenvalue weighted by molar-refractivity contribution is 0.0225. The average molecular weight is 228 g/mol. The second-order valence-electron chi connectivity index (χ2n) is 5.48. The summed E-state index contributed by atoms with van der Waals surface area (Å²) in [7, 11) is 0. The molecule has 0 saturated carbocycles. The summed E-state index contributed by atoms with van der Waals surface area (Å²) in [4.78, 5) is 0. The highest BCUT2D eigenvalue weighted by Gasteiger charge is 2.31. The van der Waals surface area contributed by atoms with Crippen LogP contribution in [0.25, 0.3) is 0 Å². The van der Waals surface area contributed by atoms with E-state index in [2.05, 4.69) is 26.1 Å². The second kappa shape index (κ2) is 5.99. The van der Waals surface area contributed by atoms with Crippen LogP contribution in [-0.4, -0.2) is 31.8 Å². The van der Waals surface area contributed by atoms with Gasteiger partial charge in [-0.2, -0.15) is 0 Å². The van der Waals surface area contributed by atoms with Crippen molar-refractivity contribution in [1.29, 1.82) is 0 Å². The van der Waals surface area contributed by atoms with Gasteiger partial charge in [0.1, 0.15) is 0 Å². The number of hydrogen-bond donors (Lipinski definition) is 2. The van der Waals surface area contributed by atoms with E-state index in [0.717, 1.165) is 45.6 Å². The van der Waals surface area contributed by atoms with Gasteiger partial charge >= 0.3 is 0 Å². The van der Waals surface area contributed by atoms with Crippen LogP contribution in [0.1, 0.15) is 46.5 Å². The van der Waals surface area contributed by atoms with Gasteiger partial charge in [0, 0.05) is 18.7 Å². The summed E-state index contributed by atoms with van der Waals surface area (Å²) in [5, 5.41) is 3.69. The number of ether oxygens (including phenoxy) is 1. The van der Waals surface area contributed by atoms with Crippen LogP contribution in [0, 0.1) is 5.41 Å². The lowest BCUT2D eigenvalue weighted by atomic mass is 9.81. The standard InChI is InChI=1S/C13H28N2O/c1-4-13(5-2,9-14)10-15-12(3)7-6-8-16-11-12/h15H,4-11,14H2,1-3H3. The minimum Gasteiger partial charge on any atom is -0.380 e. The maximum absolute atomic E-state index is 5.92. The molecule has 3 nitrogen and oxygen atoms in total. The molecule has 0 aromatic carbocycles. The Bertz CT molecular complexity index is 188. The van der Waals surface area contributed by atoms with E-state index in [4.69, 9.17) is 10.5 Å². The molecule has 0 amide bonds. The van der Waals surface area contributed by atoms with Gasteiger partial charge in [0.2, 0.25) is 0 Å². The van der Waals surface area contributed by atoms with Gasteiger partial charge < -0.3 is 15.8 Å². The Morgan fingerprint density at radius 1 is 1.38 bits per heavy atom. The minimum absolute atomic E-state index is 0.156. The first-order valence-corrected chi connectivity index (χ1v) is 6.62. The molecule has 96 valence electrons. The maximum atomic E-state index is 5.92. The van der Waals surface area contributed by atoms with Crippen molar-refractivity contribution in [2.75, 3.05) is 26.3 Å². The highest BCUT2D eigenvalue weighted by molar-refractivity contribution is 4.89. The normalized spacial score (nSPS) is 27.0. The van der Waals surface area contributed by atoms with E-state index >= 15 is 0 Å². The molecule has 0 aromatic rings.